The van der Waals surface area contributed by atoms with Crippen LogP contribution in [0.2, 0.25) is 15.1 Å². The van der Waals surface area contributed by atoms with E-state index in [4.69, 9.17) is 34.8 Å². The Kier molecular flexibility index (Phi) is 4.51. The van der Waals surface area contributed by atoms with Gasteiger partial charge in [-0.05, 0) is 48.4 Å². The molecule has 0 aliphatic heterocycles. The second-order valence-electron chi connectivity index (χ2n) is 4.31. The first-order valence-electron chi connectivity index (χ1n) is 5.70. The topological polar surface area (TPSA) is 17.1 Å². The number of halogens is 3. The largest absolute Gasteiger partial charge is 0.294 e. The minimum absolute atomic E-state index is 0.0261. The summed E-state index contributed by atoms with van der Waals surface area (Å²) in [5.41, 5.74) is 2.38. The number of hydrogen-bond acceptors (Lipinski definition) is 1. The van der Waals surface area contributed by atoms with E-state index in [0.717, 1.165) is 11.1 Å². The van der Waals surface area contributed by atoms with Gasteiger partial charge in [0.05, 0.1) is 10.0 Å². The zero-order valence-electron chi connectivity index (χ0n) is 10.2. The lowest BCUT2D eigenvalue weighted by atomic mass is 10.0. The van der Waals surface area contributed by atoms with Crippen LogP contribution >= 0.6 is 34.8 Å². The molecule has 2 rings (SSSR count). The van der Waals surface area contributed by atoms with Crippen molar-refractivity contribution in [3.05, 3.63) is 68.2 Å². The van der Waals surface area contributed by atoms with Crippen molar-refractivity contribution in [1.29, 1.82) is 0 Å². The molecule has 0 N–H and O–H groups in total. The third kappa shape index (κ3) is 3.50. The maximum Gasteiger partial charge on any atom is 0.167 e. The normalized spacial score (nSPS) is 10.5. The summed E-state index contributed by atoms with van der Waals surface area (Å²) in [5.74, 6) is 0.0261. The Balaban J connectivity index is 2.20. The number of ketones is 1. The molecule has 0 bridgehead atoms. The summed E-state index contributed by atoms with van der Waals surface area (Å²) in [4.78, 5) is 12.2. The fraction of sp³-hybridized carbons (Fsp3) is 0.133. The summed E-state index contributed by atoms with van der Waals surface area (Å²) < 4.78 is 0. The van der Waals surface area contributed by atoms with E-state index in [2.05, 4.69) is 0 Å². The lowest BCUT2D eigenvalue weighted by Gasteiger charge is -2.05. The van der Waals surface area contributed by atoms with Crippen molar-refractivity contribution in [2.75, 3.05) is 0 Å². The molecule has 0 amide bonds. The molecule has 2 aromatic carbocycles. The van der Waals surface area contributed by atoms with E-state index in [9.17, 15) is 4.79 Å². The Morgan fingerprint density at radius 3 is 2.26 bits per heavy atom. The molecular weight excluding hydrogens is 303 g/mol. The number of rotatable bonds is 3. The summed E-state index contributed by atoms with van der Waals surface area (Å²) >= 11 is 17.7. The van der Waals surface area contributed by atoms with Gasteiger partial charge >= 0.3 is 0 Å². The number of carbonyl (C=O) groups excluding carboxylic acids is 1. The quantitative estimate of drug-likeness (QED) is 0.695. The minimum Gasteiger partial charge on any atom is -0.294 e. The average Bonchev–Trinajstić information content (AvgIpc) is 2.37. The molecular formula is C15H11Cl3O. The molecule has 1 nitrogen and oxygen atoms in total. The van der Waals surface area contributed by atoms with E-state index in [1.165, 1.54) is 0 Å². The van der Waals surface area contributed by atoms with Gasteiger partial charge in [0.2, 0.25) is 0 Å². The SMILES string of the molecule is Cc1cc(C(=O)Cc2ccc(Cl)c(Cl)c2)ccc1Cl. The zero-order chi connectivity index (χ0) is 14.0. The zero-order valence-corrected chi connectivity index (χ0v) is 12.5. The Hall–Kier alpha value is -1.02. The summed E-state index contributed by atoms with van der Waals surface area (Å²) in [5, 5.41) is 1.60. The summed E-state index contributed by atoms with van der Waals surface area (Å²) in [7, 11) is 0. The highest BCUT2D eigenvalue weighted by Crippen LogP contribution is 2.24. The van der Waals surface area contributed by atoms with Crippen LogP contribution in [-0.4, -0.2) is 5.78 Å². The van der Waals surface area contributed by atoms with Gasteiger partial charge in [-0.1, -0.05) is 40.9 Å². The maximum atomic E-state index is 12.2. The minimum atomic E-state index is 0.0261. The standard InChI is InChI=1S/C15H11Cl3O/c1-9-6-11(3-5-12(9)16)15(19)8-10-2-4-13(17)14(18)7-10/h2-7H,8H2,1H3. The van der Waals surface area contributed by atoms with Gasteiger partial charge in [0.1, 0.15) is 0 Å². The number of carbonyl (C=O) groups is 1. The van der Waals surface area contributed by atoms with Crippen molar-refractivity contribution in [1.82, 2.24) is 0 Å². The summed E-state index contributed by atoms with van der Waals surface area (Å²) in [6, 6.07) is 10.5. The predicted octanol–water partition coefficient (Wildman–Crippen LogP) is 5.38. The maximum absolute atomic E-state index is 12.2. The monoisotopic (exact) mass is 312 g/mol. The summed E-state index contributed by atoms with van der Waals surface area (Å²) in [6.07, 6.45) is 0.290. The molecule has 0 unspecified atom stereocenters. The van der Waals surface area contributed by atoms with E-state index >= 15 is 0 Å². The predicted molar refractivity (Wildman–Crippen MR) is 80.7 cm³/mol. The number of hydrogen-bond donors (Lipinski definition) is 0. The van der Waals surface area contributed by atoms with E-state index in [1.54, 1.807) is 36.4 Å². The number of Topliss-reactive ketones (excluding diaryl/α,β-unsaturated/α-hetero) is 1. The second-order valence-corrected chi connectivity index (χ2v) is 5.53. The van der Waals surface area contributed by atoms with Gasteiger partial charge in [-0.15, -0.1) is 0 Å². The Labute approximate surface area is 127 Å². The Bertz CT molecular complexity index is 635. The molecule has 19 heavy (non-hydrogen) atoms. The second kappa shape index (κ2) is 5.96. The Morgan fingerprint density at radius 1 is 0.947 bits per heavy atom. The average molecular weight is 314 g/mol. The molecule has 0 heterocycles. The first kappa shape index (κ1) is 14.4. The highest BCUT2D eigenvalue weighted by molar-refractivity contribution is 6.42. The molecule has 0 radical (unpaired) electrons. The molecule has 0 saturated carbocycles. The summed E-state index contributed by atoms with van der Waals surface area (Å²) in [6.45, 7) is 1.87. The van der Waals surface area contributed by atoms with Crippen molar-refractivity contribution < 1.29 is 4.79 Å². The van der Waals surface area contributed by atoms with Crippen LogP contribution in [0, 0.1) is 6.92 Å². The van der Waals surface area contributed by atoms with Crippen LogP contribution in [0.5, 0.6) is 0 Å². The van der Waals surface area contributed by atoms with Crippen molar-refractivity contribution >= 4 is 40.6 Å². The molecule has 2 aromatic rings. The van der Waals surface area contributed by atoms with Crippen LogP contribution in [0.4, 0.5) is 0 Å². The third-order valence-electron chi connectivity index (χ3n) is 2.83. The van der Waals surface area contributed by atoms with Crippen LogP contribution in [0.3, 0.4) is 0 Å². The van der Waals surface area contributed by atoms with Crippen LogP contribution in [0.1, 0.15) is 21.5 Å². The molecule has 98 valence electrons. The van der Waals surface area contributed by atoms with Gasteiger partial charge in [0, 0.05) is 17.0 Å². The van der Waals surface area contributed by atoms with Gasteiger partial charge in [-0.2, -0.15) is 0 Å². The van der Waals surface area contributed by atoms with E-state index in [0.29, 0.717) is 20.6 Å². The van der Waals surface area contributed by atoms with Crippen molar-refractivity contribution in [2.45, 2.75) is 13.3 Å². The molecule has 0 saturated heterocycles. The fourth-order valence-electron chi connectivity index (χ4n) is 1.76. The van der Waals surface area contributed by atoms with Crippen LogP contribution in [0.25, 0.3) is 0 Å². The van der Waals surface area contributed by atoms with Gasteiger partial charge in [-0.25, -0.2) is 0 Å². The molecule has 0 aromatic heterocycles. The molecule has 0 aliphatic rings. The van der Waals surface area contributed by atoms with Gasteiger partial charge in [0.15, 0.2) is 5.78 Å². The van der Waals surface area contributed by atoms with E-state index in [-0.39, 0.29) is 12.2 Å². The van der Waals surface area contributed by atoms with Gasteiger partial charge < -0.3 is 0 Å². The third-order valence-corrected chi connectivity index (χ3v) is 3.99. The van der Waals surface area contributed by atoms with Crippen LogP contribution in [0.15, 0.2) is 36.4 Å². The first-order valence-corrected chi connectivity index (χ1v) is 6.84. The molecule has 4 heteroatoms. The van der Waals surface area contributed by atoms with Gasteiger partial charge in [-0.3, -0.25) is 4.79 Å². The Morgan fingerprint density at radius 2 is 1.63 bits per heavy atom. The van der Waals surface area contributed by atoms with Crippen molar-refractivity contribution in [3.8, 4) is 0 Å². The van der Waals surface area contributed by atoms with Crippen molar-refractivity contribution in [3.63, 3.8) is 0 Å². The lowest BCUT2D eigenvalue weighted by molar-refractivity contribution is 0.0993. The van der Waals surface area contributed by atoms with E-state index < -0.39 is 0 Å². The number of aryl methyl sites for hydroxylation is 1. The highest BCUT2D eigenvalue weighted by atomic mass is 35.5. The lowest BCUT2D eigenvalue weighted by Crippen LogP contribution is -2.04. The fourth-order valence-corrected chi connectivity index (χ4v) is 2.19. The molecule has 0 spiro atoms. The smallest absolute Gasteiger partial charge is 0.167 e. The molecule has 0 aliphatic carbocycles. The van der Waals surface area contributed by atoms with E-state index in [1.807, 2.05) is 6.92 Å². The van der Waals surface area contributed by atoms with Crippen molar-refractivity contribution in [2.24, 2.45) is 0 Å². The van der Waals surface area contributed by atoms with Crippen LogP contribution < -0.4 is 0 Å². The highest BCUT2D eigenvalue weighted by Gasteiger charge is 2.09. The first-order chi connectivity index (χ1) is 8.97. The molecule has 0 atom stereocenters. The van der Waals surface area contributed by atoms with Gasteiger partial charge in [0.25, 0.3) is 0 Å². The van der Waals surface area contributed by atoms with Crippen LogP contribution in [-0.2, 0) is 6.42 Å². The number of benzene rings is 2. The molecule has 0 fully saturated rings.